The second kappa shape index (κ2) is 7.68. The van der Waals surface area contributed by atoms with E-state index in [-0.39, 0.29) is 45.8 Å². The molecule has 0 aliphatic heterocycles. The number of carbonyl (C=O) groups is 1. The summed E-state index contributed by atoms with van der Waals surface area (Å²) < 4.78 is 67.2. The fourth-order valence-corrected chi connectivity index (χ4v) is 8.52. The standard InChI is InChI=1S/C23H21ClF3NO5S/c24-16-2-1-11(21(30)28-14-6-17(25)20(27)18(26)7-14)3-19(16)34(32,33)15-5-12-4-13-8-22(13,9-15)23(12,31)10-29/h1-3,6-7,12-13,15,29,31H,4-5,8-10H2,(H,28,30)/t12?,13?,15-,22?,23-/m0/s1. The zero-order chi connectivity index (χ0) is 24.6. The van der Waals surface area contributed by atoms with Gasteiger partial charge in [0, 0.05) is 28.8 Å². The van der Waals surface area contributed by atoms with E-state index in [1.165, 1.54) is 12.1 Å². The van der Waals surface area contributed by atoms with Gasteiger partial charge in [-0.25, -0.2) is 21.6 Å². The van der Waals surface area contributed by atoms with Gasteiger partial charge < -0.3 is 15.5 Å². The quantitative estimate of drug-likeness (QED) is 0.527. The number of aliphatic hydroxyl groups excluding tert-OH is 1. The number of rotatable bonds is 5. The van der Waals surface area contributed by atoms with Crippen molar-refractivity contribution in [2.75, 3.05) is 11.9 Å². The van der Waals surface area contributed by atoms with Crippen molar-refractivity contribution < 1.29 is 36.6 Å². The summed E-state index contributed by atoms with van der Waals surface area (Å²) in [5, 5.41) is 22.1. The Morgan fingerprint density at radius 2 is 1.76 bits per heavy atom. The molecule has 182 valence electrons. The first-order valence-electron chi connectivity index (χ1n) is 10.8. The maximum Gasteiger partial charge on any atom is 0.255 e. The van der Waals surface area contributed by atoms with E-state index in [1.54, 1.807) is 0 Å². The van der Waals surface area contributed by atoms with E-state index in [9.17, 15) is 36.6 Å². The summed E-state index contributed by atoms with van der Waals surface area (Å²) in [5.41, 5.74) is -2.37. The number of sulfone groups is 1. The van der Waals surface area contributed by atoms with E-state index < -0.39 is 56.1 Å². The molecule has 0 saturated heterocycles. The number of benzene rings is 2. The van der Waals surface area contributed by atoms with Crippen LogP contribution in [0.25, 0.3) is 0 Å². The van der Waals surface area contributed by atoms with E-state index in [2.05, 4.69) is 5.32 Å². The summed E-state index contributed by atoms with van der Waals surface area (Å²) in [7, 11) is -4.01. The van der Waals surface area contributed by atoms with Crippen molar-refractivity contribution in [2.45, 2.75) is 41.4 Å². The molecule has 0 heterocycles. The lowest BCUT2D eigenvalue weighted by molar-refractivity contribution is -0.117. The second-order valence-corrected chi connectivity index (χ2v) is 12.1. The van der Waals surface area contributed by atoms with Crippen LogP contribution < -0.4 is 5.32 Å². The van der Waals surface area contributed by atoms with Crippen LogP contribution >= 0.6 is 11.6 Å². The van der Waals surface area contributed by atoms with Gasteiger partial charge in [0.05, 0.1) is 27.4 Å². The van der Waals surface area contributed by atoms with Crippen LogP contribution in [0.2, 0.25) is 5.02 Å². The Morgan fingerprint density at radius 3 is 2.38 bits per heavy atom. The van der Waals surface area contributed by atoms with Crippen LogP contribution in [-0.4, -0.2) is 42.0 Å². The molecular weight excluding hydrogens is 495 g/mol. The zero-order valence-corrected chi connectivity index (χ0v) is 19.3. The molecule has 5 atom stereocenters. The highest BCUT2D eigenvalue weighted by atomic mass is 35.5. The van der Waals surface area contributed by atoms with Gasteiger partial charge in [-0.3, -0.25) is 4.79 Å². The predicted molar refractivity (Wildman–Crippen MR) is 117 cm³/mol. The highest BCUT2D eigenvalue weighted by molar-refractivity contribution is 7.92. The van der Waals surface area contributed by atoms with Crippen molar-refractivity contribution in [3.05, 3.63) is 58.4 Å². The number of hydrogen-bond acceptors (Lipinski definition) is 5. The Bertz CT molecular complexity index is 1300. The first-order chi connectivity index (χ1) is 15.9. The minimum atomic E-state index is -4.01. The lowest BCUT2D eigenvalue weighted by atomic mass is 9.70. The fourth-order valence-electron chi connectivity index (χ4n) is 6.09. The summed E-state index contributed by atoms with van der Waals surface area (Å²) >= 11 is 6.20. The molecule has 1 spiro atoms. The Hall–Kier alpha value is -2.14. The molecular formula is C23H21ClF3NO5S. The second-order valence-electron chi connectivity index (χ2n) is 9.53. The number of amides is 1. The molecule has 3 aliphatic carbocycles. The van der Waals surface area contributed by atoms with Gasteiger partial charge in [0.15, 0.2) is 27.3 Å². The van der Waals surface area contributed by atoms with Gasteiger partial charge in [-0.05, 0) is 55.7 Å². The third kappa shape index (κ3) is 3.30. The molecule has 3 aliphatic rings. The van der Waals surface area contributed by atoms with Gasteiger partial charge in [-0.1, -0.05) is 11.6 Å². The van der Waals surface area contributed by atoms with Crippen LogP contribution in [0, 0.1) is 34.7 Å². The van der Waals surface area contributed by atoms with Crippen molar-refractivity contribution in [3.63, 3.8) is 0 Å². The number of nitrogens with one attached hydrogen (secondary N) is 1. The molecule has 5 rings (SSSR count). The highest BCUT2D eigenvalue weighted by Crippen LogP contribution is 2.75. The average molecular weight is 516 g/mol. The number of halogens is 4. The molecule has 3 fully saturated rings. The Labute approximate surface area is 198 Å². The Balaban J connectivity index is 1.42. The molecule has 1 amide bonds. The first-order valence-corrected chi connectivity index (χ1v) is 12.7. The Morgan fingerprint density at radius 1 is 1.09 bits per heavy atom. The van der Waals surface area contributed by atoms with E-state index in [0.717, 1.165) is 6.07 Å². The maximum absolute atomic E-state index is 13.5. The molecule has 6 nitrogen and oxygen atoms in total. The average Bonchev–Trinajstić information content (AvgIpc) is 3.45. The molecule has 3 saturated carbocycles. The third-order valence-corrected chi connectivity index (χ3v) is 10.5. The largest absolute Gasteiger partial charge is 0.393 e. The number of anilines is 1. The van der Waals surface area contributed by atoms with Gasteiger partial charge >= 0.3 is 0 Å². The number of hydrogen-bond donors (Lipinski definition) is 3. The molecule has 11 heteroatoms. The summed E-state index contributed by atoms with van der Waals surface area (Å²) in [6, 6.07) is 4.82. The van der Waals surface area contributed by atoms with Crippen LogP contribution in [0.5, 0.6) is 0 Å². The van der Waals surface area contributed by atoms with Crippen molar-refractivity contribution in [2.24, 2.45) is 17.3 Å². The maximum atomic E-state index is 13.5. The number of aliphatic hydroxyl groups is 2. The van der Waals surface area contributed by atoms with E-state index in [4.69, 9.17) is 11.6 Å². The van der Waals surface area contributed by atoms with Gasteiger partial charge in [0.1, 0.15) is 0 Å². The van der Waals surface area contributed by atoms with Gasteiger partial charge in [0.2, 0.25) is 0 Å². The van der Waals surface area contributed by atoms with Gasteiger partial charge in [-0.15, -0.1) is 0 Å². The Kier molecular flexibility index (Phi) is 5.33. The molecule has 2 bridgehead atoms. The van der Waals surface area contributed by atoms with Gasteiger partial charge in [-0.2, -0.15) is 0 Å². The van der Waals surface area contributed by atoms with E-state index >= 15 is 0 Å². The van der Waals surface area contributed by atoms with E-state index in [0.29, 0.717) is 25.0 Å². The summed E-state index contributed by atoms with van der Waals surface area (Å²) in [5.74, 6) is -5.68. The first kappa shape index (κ1) is 23.6. The topological polar surface area (TPSA) is 104 Å². The van der Waals surface area contributed by atoms with Crippen LogP contribution in [0.3, 0.4) is 0 Å². The predicted octanol–water partition coefficient (Wildman–Crippen LogP) is 3.70. The van der Waals surface area contributed by atoms with Crippen LogP contribution in [0.15, 0.2) is 35.2 Å². The smallest absolute Gasteiger partial charge is 0.255 e. The van der Waals surface area contributed by atoms with Crippen molar-refractivity contribution in [3.8, 4) is 0 Å². The summed E-state index contributed by atoms with van der Waals surface area (Å²) in [6.07, 6.45) is 1.67. The lowest BCUT2D eigenvalue weighted by Gasteiger charge is -2.44. The minimum Gasteiger partial charge on any atom is -0.393 e. The molecule has 0 aromatic heterocycles. The molecule has 34 heavy (non-hydrogen) atoms. The van der Waals surface area contributed by atoms with Crippen LogP contribution in [-0.2, 0) is 9.84 Å². The third-order valence-electron chi connectivity index (χ3n) is 7.90. The normalized spacial score (nSPS) is 31.8. The van der Waals surface area contributed by atoms with Crippen molar-refractivity contribution in [1.82, 2.24) is 0 Å². The molecule has 2 aromatic rings. The number of fused-ring (bicyclic) bond motifs is 1. The number of carbonyl (C=O) groups excluding carboxylic acids is 1. The minimum absolute atomic E-state index is 0.0874. The van der Waals surface area contributed by atoms with Crippen LogP contribution in [0.1, 0.15) is 36.0 Å². The zero-order valence-electron chi connectivity index (χ0n) is 17.7. The summed E-state index contributed by atoms with van der Waals surface area (Å²) in [6.45, 7) is -0.415. The SMILES string of the molecule is O=C(Nc1cc(F)c(F)c(F)c1)c1ccc(Cl)c(S(=O)(=O)[C@H]2CC3CC4CC4(C2)[C@]3(O)CO)c1. The molecule has 0 radical (unpaired) electrons. The molecule has 2 aromatic carbocycles. The van der Waals surface area contributed by atoms with E-state index in [1.807, 2.05) is 0 Å². The molecule has 3 unspecified atom stereocenters. The summed E-state index contributed by atoms with van der Waals surface area (Å²) in [4.78, 5) is 12.4. The van der Waals surface area contributed by atoms with Crippen molar-refractivity contribution >= 4 is 33.0 Å². The van der Waals surface area contributed by atoms with Crippen molar-refractivity contribution in [1.29, 1.82) is 0 Å². The molecule has 3 N–H and O–H groups in total. The van der Waals surface area contributed by atoms with Gasteiger partial charge in [0.25, 0.3) is 5.91 Å². The lowest BCUT2D eigenvalue weighted by Crippen LogP contribution is -2.53. The van der Waals surface area contributed by atoms with Crippen LogP contribution in [0.4, 0.5) is 18.9 Å². The fraction of sp³-hybridized carbons (Fsp3) is 0.435. The monoisotopic (exact) mass is 515 g/mol. The highest BCUT2D eigenvalue weighted by Gasteiger charge is 2.76.